The van der Waals surface area contributed by atoms with Crippen LogP contribution in [0.25, 0.3) is 0 Å². The van der Waals surface area contributed by atoms with Crippen LogP contribution in [0.3, 0.4) is 0 Å². The molecule has 0 aromatic carbocycles. The highest BCUT2D eigenvalue weighted by molar-refractivity contribution is 5.83. The summed E-state index contributed by atoms with van der Waals surface area (Å²) in [5.74, 6) is 0.435. The van der Waals surface area contributed by atoms with Crippen molar-refractivity contribution in [2.45, 2.75) is 26.2 Å². The van der Waals surface area contributed by atoms with Gasteiger partial charge in [0.05, 0.1) is 6.07 Å². The van der Waals surface area contributed by atoms with Crippen LogP contribution < -0.4 is 0 Å². The lowest BCUT2D eigenvalue weighted by molar-refractivity contribution is -0.123. The van der Waals surface area contributed by atoms with Gasteiger partial charge in [0.1, 0.15) is 5.78 Å². The second kappa shape index (κ2) is 4.32. The molecule has 1 saturated carbocycles. The zero-order valence-electron chi connectivity index (χ0n) is 4.98. The molecule has 0 N–H and O–H groups in total. The highest BCUT2D eigenvalue weighted by Gasteiger charge is 2.09. The van der Waals surface area contributed by atoms with Crippen molar-refractivity contribution >= 4 is 5.78 Å². The Labute approximate surface area is 49.1 Å². The van der Waals surface area contributed by atoms with Gasteiger partial charge in [-0.15, -0.1) is 0 Å². The molecule has 1 aliphatic rings. The maximum atomic E-state index is 9.90. The van der Waals surface area contributed by atoms with Gasteiger partial charge in [0.25, 0.3) is 0 Å². The van der Waals surface area contributed by atoms with Crippen LogP contribution >= 0.6 is 0 Å². The summed E-state index contributed by atoms with van der Waals surface area (Å²) >= 11 is 0. The van der Waals surface area contributed by atoms with Crippen molar-refractivity contribution in [1.82, 2.24) is 0 Å². The van der Waals surface area contributed by atoms with Crippen molar-refractivity contribution in [1.29, 1.82) is 5.26 Å². The average Bonchev–Trinajstić information content (AvgIpc) is 1.64. The van der Waals surface area contributed by atoms with E-state index in [0.29, 0.717) is 5.78 Å². The molecule has 1 fully saturated rings. The summed E-state index contributed by atoms with van der Waals surface area (Å²) in [5, 5.41) is 7.32. The van der Waals surface area contributed by atoms with E-state index in [1.807, 2.05) is 0 Å². The fourth-order valence-electron chi connectivity index (χ4n) is 0.321. The van der Waals surface area contributed by atoms with Gasteiger partial charge in [-0.05, 0) is 6.42 Å². The Balaban J connectivity index is 0.000000145. The minimum absolute atomic E-state index is 0.435. The lowest BCUT2D eigenvalue weighted by atomic mass is 9.99. The number of hydrogen-bond donors (Lipinski definition) is 0. The summed E-state index contributed by atoms with van der Waals surface area (Å²) in [5.41, 5.74) is 0. The maximum Gasteiger partial charge on any atom is 0.132 e. The molecule has 2 heteroatoms. The van der Waals surface area contributed by atoms with Crippen molar-refractivity contribution in [2.24, 2.45) is 0 Å². The Bertz CT molecular complexity index is 106. The van der Waals surface area contributed by atoms with Gasteiger partial charge in [-0.3, -0.25) is 4.79 Å². The van der Waals surface area contributed by atoms with E-state index in [0.717, 1.165) is 19.3 Å². The Kier molecular flexibility index (Phi) is 3.87. The Morgan fingerprint density at radius 2 is 1.88 bits per heavy atom. The minimum Gasteiger partial charge on any atom is -0.300 e. The first-order valence-corrected chi connectivity index (χ1v) is 2.63. The summed E-state index contributed by atoms with van der Waals surface area (Å²) in [6, 6.07) is 1.75. The zero-order valence-corrected chi connectivity index (χ0v) is 4.98. The summed E-state index contributed by atoms with van der Waals surface area (Å²) in [6.07, 6.45) is 2.83. The smallest absolute Gasteiger partial charge is 0.132 e. The second-order valence-corrected chi connectivity index (χ2v) is 1.62. The van der Waals surface area contributed by atoms with E-state index >= 15 is 0 Å². The normalized spacial score (nSPS) is 14.8. The molecule has 0 heterocycles. The van der Waals surface area contributed by atoms with Crippen molar-refractivity contribution in [2.75, 3.05) is 0 Å². The molecule has 0 atom stereocenters. The van der Waals surface area contributed by atoms with E-state index in [1.165, 1.54) is 6.92 Å². The first-order valence-electron chi connectivity index (χ1n) is 2.63. The van der Waals surface area contributed by atoms with E-state index in [-0.39, 0.29) is 0 Å². The second-order valence-electron chi connectivity index (χ2n) is 1.62. The molecular weight excluding hydrogens is 102 g/mol. The molecule has 8 heavy (non-hydrogen) atoms. The minimum atomic E-state index is 0.435. The number of hydrogen-bond acceptors (Lipinski definition) is 2. The van der Waals surface area contributed by atoms with Gasteiger partial charge in [-0.2, -0.15) is 5.26 Å². The Morgan fingerprint density at radius 1 is 1.62 bits per heavy atom. The molecular formula is C6H9NO. The third kappa shape index (κ3) is 3.35. The van der Waals surface area contributed by atoms with Crippen LogP contribution in [-0.4, -0.2) is 5.78 Å². The molecule has 2 nitrogen and oxygen atoms in total. The lowest BCUT2D eigenvalue weighted by Crippen LogP contribution is -2.07. The average molecular weight is 111 g/mol. The number of nitriles is 1. The Hall–Kier alpha value is -0.840. The topological polar surface area (TPSA) is 40.9 Å². The molecule has 0 bridgehead atoms. The molecule has 0 aliphatic heterocycles. The van der Waals surface area contributed by atoms with E-state index in [9.17, 15) is 4.79 Å². The number of ketones is 1. The van der Waals surface area contributed by atoms with Crippen molar-refractivity contribution in [3.8, 4) is 6.07 Å². The van der Waals surface area contributed by atoms with Crippen LogP contribution in [0.1, 0.15) is 26.2 Å². The summed E-state index contributed by atoms with van der Waals surface area (Å²) in [4.78, 5) is 9.90. The number of carbonyl (C=O) groups excluding carboxylic acids is 1. The summed E-state index contributed by atoms with van der Waals surface area (Å²) in [7, 11) is 0. The van der Waals surface area contributed by atoms with Crippen LogP contribution in [-0.2, 0) is 4.79 Å². The van der Waals surface area contributed by atoms with E-state index < -0.39 is 0 Å². The summed E-state index contributed by atoms with van der Waals surface area (Å²) < 4.78 is 0. The van der Waals surface area contributed by atoms with Crippen molar-refractivity contribution < 1.29 is 4.79 Å². The van der Waals surface area contributed by atoms with E-state index in [2.05, 4.69) is 0 Å². The molecule has 0 unspecified atom stereocenters. The molecule has 0 aromatic heterocycles. The predicted octanol–water partition coefficient (Wildman–Crippen LogP) is 1.27. The highest BCUT2D eigenvalue weighted by atomic mass is 16.1. The monoisotopic (exact) mass is 111 g/mol. The number of carbonyl (C=O) groups is 1. The first-order chi connectivity index (χ1) is 3.81. The van der Waals surface area contributed by atoms with Gasteiger partial charge in [0.2, 0.25) is 0 Å². The third-order valence-electron chi connectivity index (χ3n) is 0.911. The number of nitrogens with zero attached hydrogens (tertiary/aromatic N) is 1. The fraction of sp³-hybridized carbons (Fsp3) is 0.667. The van der Waals surface area contributed by atoms with Crippen LogP contribution in [0.5, 0.6) is 0 Å². The van der Waals surface area contributed by atoms with Crippen LogP contribution in [0, 0.1) is 11.3 Å². The molecule has 44 valence electrons. The van der Waals surface area contributed by atoms with Gasteiger partial charge >= 0.3 is 0 Å². The van der Waals surface area contributed by atoms with E-state index in [4.69, 9.17) is 5.26 Å². The van der Waals surface area contributed by atoms with Gasteiger partial charge in [0.15, 0.2) is 0 Å². The summed E-state index contributed by atoms with van der Waals surface area (Å²) in [6.45, 7) is 1.43. The van der Waals surface area contributed by atoms with E-state index in [1.54, 1.807) is 6.07 Å². The van der Waals surface area contributed by atoms with Crippen molar-refractivity contribution in [3.63, 3.8) is 0 Å². The van der Waals surface area contributed by atoms with Crippen LogP contribution in [0.4, 0.5) is 0 Å². The fourth-order valence-corrected chi connectivity index (χ4v) is 0.321. The lowest BCUT2D eigenvalue weighted by Gasteiger charge is -2.05. The highest BCUT2D eigenvalue weighted by Crippen LogP contribution is 2.10. The first kappa shape index (κ1) is 7.16. The molecule has 1 aliphatic carbocycles. The van der Waals surface area contributed by atoms with Crippen LogP contribution in [0.15, 0.2) is 0 Å². The van der Waals surface area contributed by atoms with Gasteiger partial charge < -0.3 is 0 Å². The SMILES string of the molecule is CC#N.O=C1CCC1. The molecule has 0 aromatic rings. The molecule has 0 radical (unpaired) electrons. The molecule has 1 rings (SSSR count). The largest absolute Gasteiger partial charge is 0.300 e. The number of Topliss-reactive ketones (excluding diaryl/α,β-unsaturated/α-hetero) is 1. The molecule has 0 amide bonds. The molecule has 0 saturated heterocycles. The maximum absolute atomic E-state index is 9.90. The predicted molar refractivity (Wildman–Crippen MR) is 30.1 cm³/mol. The van der Waals surface area contributed by atoms with Gasteiger partial charge in [-0.25, -0.2) is 0 Å². The third-order valence-corrected chi connectivity index (χ3v) is 0.911. The zero-order chi connectivity index (χ0) is 6.41. The van der Waals surface area contributed by atoms with Gasteiger partial charge in [0, 0.05) is 19.8 Å². The van der Waals surface area contributed by atoms with Gasteiger partial charge in [-0.1, -0.05) is 0 Å². The van der Waals surface area contributed by atoms with Crippen molar-refractivity contribution in [3.05, 3.63) is 0 Å². The molecule has 0 spiro atoms. The quantitative estimate of drug-likeness (QED) is 0.472. The number of rotatable bonds is 0. The standard InChI is InChI=1S/C4H6O.C2H3N/c5-4-2-1-3-4;1-2-3/h1-3H2;1H3. The Morgan fingerprint density at radius 3 is 1.88 bits per heavy atom. The van der Waals surface area contributed by atoms with Crippen LogP contribution in [0.2, 0.25) is 0 Å².